The van der Waals surface area contributed by atoms with Gasteiger partial charge in [-0.2, -0.15) is 0 Å². The van der Waals surface area contributed by atoms with E-state index < -0.39 is 0 Å². The summed E-state index contributed by atoms with van der Waals surface area (Å²) in [6, 6.07) is 3.47. The SMILES string of the molecule is COC(=O)CCCCNC(=O)NCc1ccncc1. The van der Waals surface area contributed by atoms with Crippen LogP contribution in [0.15, 0.2) is 24.5 Å². The lowest BCUT2D eigenvalue weighted by Gasteiger charge is -2.07. The molecule has 1 rings (SSSR count). The van der Waals surface area contributed by atoms with Gasteiger partial charge in [0.15, 0.2) is 0 Å². The molecule has 0 bridgehead atoms. The second-order valence-electron chi connectivity index (χ2n) is 4.00. The van der Waals surface area contributed by atoms with Crippen molar-refractivity contribution in [2.45, 2.75) is 25.8 Å². The maximum Gasteiger partial charge on any atom is 0.315 e. The zero-order chi connectivity index (χ0) is 13.9. The first-order chi connectivity index (χ1) is 9.22. The molecule has 1 aromatic heterocycles. The normalized spacial score (nSPS) is 9.74. The molecule has 0 saturated heterocycles. The Morgan fingerprint density at radius 2 is 1.95 bits per heavy atom. The number of ether oxygens (including phenoxy) is 1. The molecule has 104 valence electrons. The largest absolute Gasteiger partial charge is 0.469 e. The molecule has 0 aliphatic rings. The summed E-state index contributed by atoms with van der Waals surface area (Å²) in [7, 11) is 1.37. The topological polar surface area (TPSA) is 80.3 Å². The Morgan fingerprint density at radius 1 is 1.21 bits per heavy atom. The molecule has 0 fully saturated rings. The molecule has 0 radical (unpaired) electrons. The highest BCUT2D eigenvalue weighted by atomic mass is 16.5. The molecule has 0 saturated carbocycles. The zero-order valence-corrected chi connectivity index (χ0v) is 11.0. The summed E-state index contributed by atoms with van der Waals surface area (Å²) in [5.41, 5.74) is 0.996. The maximum atomic E-state index is 11.4. The summed E-state index contributed by atoms with van der Waals surface area (Å²) < 4.78 is 4.52. The van der Waals surface area contributed by atoms with E-state index in [-0.39, 0.29) is 12.0 Å². The molecular formula is C13H19N3O3. The van der Waals surface area contributed by atoms with Crippen LogP contribution in [0.2, 0.25) is 0 Å². The van der Waals surface area contributed by atoms with E-state index in [1.165, 1.54) is 7.11 Å². The standard InChI is InChI=1S/C13H19N3O3/c1-19-12(17)4-2-3-7-15-13(18)16-10-11-5-8-14-9-6-11/h5-6,8-9H,2-4,7,10H2,1H3,(H2,15,16,18). The van der Waals surface area contributed by atoms with Crippen LogP contribution in [-0.2, 0) is 16.1 Å². The minimum Gasteiger partial charge on any atom is -0.469 e. The van der Waals surface area contributed by atoms with Gasteiger partial charge in [-0.25, -0.2) is 4.79 Å². The quantitative estimate of drug-likeness (QED) is 0.574. The third-order valence-corrected chi connectivity index (χ3v) is 2.52. The van der Waals surface area contributed by atoms with E-state index in [0.717, 1.165) is 12.0 Å². The third kappa shape index (κ3) is 7.03. The Morgan fingerprint density at radius 3 is 2.63 bits per heavy atom. The molecule has 1 heterocycles. The van der Waals surface area contributed by atoms with Gasteiger partial charge in [-0.15, -0.1) is 0 Å². The first-order valence-corrected chi connectivity index (χ1v) is 6.20. The van der Waals surface area contributed by atoms with E-state index >= 15 is 0 Å². The van der Waals surface area contributed by atoms with Crippen molar-refractivity contribution < 1.29 is 14.3 Å². The van der Waals surface area contributed by atoms with Gasteiger partial charge in [0.25, 0.3) is 0 Å². The number of hydrogen-bond donors (Lipinski definition) is 2. The highest BCUT2D eigenvalue weighted by molar-refractivity contribution is 5.73. The lowest BCUT2D eigenvalue weighted by Crippen LogP contribution is -2.35. The van der Waals surface area contributed by atoms with E-state index in [1.54, 1.807) is 12.4 Å². The summed E-state index contributed by atoms with van der Waals surface area (Å²) in [5, 5.41) is 5.47. The number of carbonyl (C=O) groups excluding carboxylic acids is 2. The number of pyridine rings is 1. The highest BCUT2D eigenvalue weighted by Gasteiger charge is 2.01. The number of nitrogens with zero attached hydrogens (tertiary/aromatic N) is 1. The second-order valence-corrected chi connectivity index (χ2v) is 4.00. The average Bonchev–Trinajstić information content (AvgIpc) is 2.45. The number of urea groups is 1. The van der Waals surface area contributed by atoms with E-state index in [0.29, 0.717) is 25.9 Å². The van der Waals surface area contributed by atoms with Crippen LogP contribution < -0.4 is 10.6 Å². The van der Waals surface area contributed by atoms with Crippen LogP contribution in [0.25, 0.3) is 0 Å². The van der Waals surface area contributed by atoms with Crippen LogP contribution in [0, 0.1) is 0 Å². The molecule has 1 aromatic rings. The van der Waals surface area contributed by atoms with Crippen LogP contribution in [-0.4, -0.2) is 30.6 Å². The van der Waals surface area contributed by atoms with Gasteiger partial charge >= 0.3 is 12.0 Å². The Bertz CT molecular complexity index is 395. The number of methoxy groups -OCH3 is 1. The summed E-state index contributed by atoms with van der Waals surface area (Å²) in [4.78, 5) is 26.2. The molecule has 0 unspecified atom stereocenters. The number of aromatic nitrogens is 1. The van der Waals surface area contributed by atoms with Crippen LogP contribution in [0.4, 0.5) is 4.79 Å². The number of rotatable bonds is 7. The first-order valence-electron chi connectivity index (χ1n) is 6.20. The zero-order valence-electron chi connectivity index (χ0n) is 11.0. The van der Waals surface area contributed by atoms with Crippen LogP contribution in [0.3, 0.4) is 0 Å². The molecule has 19 heavy (non-hydrogen) atoms. The van der Waals surface area contributed by atoms with E-state index in [9.17, 15) is 9.59 Å². The molecular weight excluding hydrogens is 246 g/mol. The number of carbonyl (C=O) groups is 2. The fraction of sp³-hybridized carbons (Fsp3) is 0.462. The Hall–Kier alpha value is -2.11. The monoisotopic (exact) mass is 265 g/mol. The van der Waals surface area contributed by atoms with Gasteiger partial charge in [0, 0.05) is 31.9 Å². The molecule has 0 spiro atoms. The molecule has 2 N–H and O–H groups in total. The van der Waals surface area contributed by atoms with Crippen LogP contribution >= 0.6 is 0 Å². The number of amides is 2. The van der Waals surface area contributed by atoms with Crippen molar-refractivity contribution in [1.29, 1.82) is 0 Å². The Kier molecular flexibility index (Phi) is 7.01. The minimum atomic E-state index is -0.220. The van der Waals surface area contributed by atoms with Crippen molar-refractivity contribution in [3.63, 3.8) is 0 Å². The predicted octanol–water partition coefficient (Wildman–Crippen LogP) is 1.22. The number of hydrogen-bond acceptors (Lipinski definition) is 4. The van der Waals surface area contributed by atoms with Gasteiger partial charge in [0.2, 0.25) is 0 Å². The molecule has 0 aromatic carbocycles. The molecule has 0 aliphatic heterocycles. The average molecular weight is 265 g/mol. The summed E-state index contributed by atoms with van der Waals surface area (Å²) >= 11 is 0. The fourth-order valence-electron chi connectivity index (χ4n) is 1.44. The van der Waals surface area contributed by atoms with Gasteiger partial charge < -0.3 is 15.4 Å². The molecule has 0 atom stereocenters. The number of nitrogens with one attached hydrogen (secondary N) is 2. The Labute approximate surface area is 112 Å². The van der Waals surface area contributed by atoms with E-state index in [1.807, 2.05) is 12.1 Å². The van der Waals surface area contributed by atoms with Crippen molar-refractivity contribution in [3.8, 4) is 0 Å². The fourth-order valence-corrected chi connectivity index (χ4v) is 1.44. The number of esters is 1. The van der Waals surface area contributed by atoms with Crippen molar-refractivity contribution in [1.82, 2.24) is 15.6 Å². The first kappa shape index (κ1) is 14.9. The van der Waals surface area contributed by atoms with Crippen molar-refractivity contribution in [3.05, 3.63) is 30.1 Å². The van der Waals surface area contributed by atoms with E-state index in [2.05, 4.69) is 20.4 Å². The minimum absolute atomic E-state index is 0.213. The van der Waals surface area contributed by atoms with Gasteiger partial charge in [-0.3, -0.25) is 9.78 Å². The van der Waals surface area contributed by atoms with E-state index in [4.69, 9.17) is 0 Å². The molecule has 6 heteroatoms. The molecule has 6 nitrogen and oxygen atoms in total. The summed E-state index contributed by atoms with van der Waals surface area (Å²) in [6.07, 6.45) is 5.20. The van der Waals surface area contributed by atoms with Gasteiger partial charge in [-0.1, -0.05) is 0 Å². The van der Waals surface area contributed by atoms with Gasteiger partial charge in [0.05, 0.1) is 7.11 Å². The van der Waals surface area contributed by atoms with Crippen molar-refractivity contribution in [2.24, 2.45) is 0 Å². The van der Waals surface area contributed by atoms with Crippen LogP contribution in [0.5, 0.6) is 0 Å². The lowest BCUT2D eigenvalue weighted by atomic mass is 10.2. The van der Waals surface area contributed by atoms with Gasteiger partial charge in [0.1, 0.15) is 0 Å². The molecule has 0 aliphatic carbocycles. The number of unbranched alkanes of at least 4 members (excludes halogenated alkanes) is 1. The summed E-state index contributed by atoms with van der Waals surface area (Å²) in [5.74, 6) is -0.220. The Balaban J connectivity index is 2.04. The smallest absolute Gasteiger partial charge is 0.315 e. The lowest BCUT2D eigenvalue weighted by molar-refractivity contribution is -0.140. The maximum absolute atomic E-state index is 11.4. The summed E-state index contributed by atoms with van der Waals surface area (Å²) in [6.45, 7) is 1.01. The van der Waals surface area contributed by atoms with Crippen molar-refractivity contribution in [2.75, 3.05) is 13.7 Å². The predicted molar refractivity (Wildman–Crippen MR) is 70.3 cm³/mol. The second kappa shape index (κ2) is 8.91. The third-order valence-electron chi connectivity index (χ3n) is 2.52. The molecule has 2 amide bonds. The van der Waals surface area contributed by atoms with Gasteiger partial charge in [-0.05, 0) is 30.5 Å². The highest BCUT2D eigenvalue weighted by Crippen LogP contribution is 1.96. The van der Waals surface area contributed by atoms with Crippen molar-refractivity contribution >= 4 is 12.0 Å². The van der Waals surface area contributed by atoms with Crippen LogP contribution in [0.1, 0.15) is 24.8 Å².